The molecule has 7 heteroatoms. The lowest BCUT2D eigenvalue weighted by Crippen LogP contribution is -2.32. The Kier molecular flexibility index (Phi) is 4.97. The number of hydrogen-bond donors (Lipinski definition) is 0. The van der Waals surface area contributed by atoms with Crippen LogP contribution in [0.1, 0.15) is 13.8 Å². The van der Waals surface area contributed by atoms with E-state index in [1.165, 1.54) is 11.8 Å². The minimum atomic E-state index is 0.0576. The molecule has 0 aliphatic carbocycles. The molecule has 120 valence electrons. The highest BCUT2D eigenvalue weighted by Gasteiger charge is 2.18. The summed E-state index contributed by atoms with van der Waals surface area (Å²) in [7, 11) is 0. The summed E-state index contributed by atoms with van der Waals surface area (Å²) in [6.07, 6.45) is 3.69. The predicted octanol–water partition coefficient (Wildman–Crippen LogP) is 3.66. The van der Waals surface area contributed by atoms with Gasteiger partial charge in [-0.1, -0.05) is 35.2 Å². The van der Waals surface area contributed by atoms with Gasteiger partial charge in [0, 0.05) is 25.5 Å². The number of hydrogen-bond acceptors (Lipinski definition) is 5. The second-order valence-electron chi connectivity index (χ2n) is 4.89. The van der Waals surface area contributed by atoms with E-state index in [2.05, 4.69) is 16.9 Å². The number of imidazole rings is 1. The Hall–Kier alpha value is -1.86. The molecule has 0 fully saturated rings. The highest BCUT2D eigenvalue weighted by atomic mass is 32.2. The molecule has 1 amide bonds. The van der Waals surface area contributed by atoms with E-state index < -0.39 is 0 Å². The third-order valence-electron chi connectivity index (χ3n) is 3.47. The number of anilines is 1. The van der Waals surface area contributed by atoms with E-state index in [4.69, 9.17) is 0 Å². The lowest BCUT2D eigenvalue weighted by molar-refractivity contribution is -0.116. The van der Waals surface area contributed by atoms with E-state index in [9.17, 15) is 4.79 Å². The molecule has 1 aromatic carbocycles. The largest absolute Gasteiger partial charge is 0.326 e. The molecule has 0 atom stereocenters. The Bertz CT molecular complexity index is 778. The third kappa shape index (κ3) is 3.40. The number of carbonyl (C=O) groups excluding carboxylic acids is 1. The van der Waals surface area contributed by atoms with E-state index in [1.807, 2.05) is 42.0 Å². The van der Waals surface area contributed by atoms with Crippen LogP contribution in [0.4, 0.5) is 5.13 Å². The molecule has 3 aromatic rings. The standard InChI is InChI=1S/C16H18N4OS2/c1-3-19-10-9-17-15(19)22-11-14(21)20(4-2)16-18-12-7-5-6-8-13(12)23-16/h5-10H,3-4,11H2,1-2H3. The number of para-hydroxylation sites is 1. The molecule has 0 aliphatic rings. The van der Waals surface area contributed by atoms with E-state index in [0.717, 1.165) is 27.0 Å². The lowest BCUT2D eigenvalue weighted by atomic mass is 10.3. The number of rotatable bonds is 6. The van der Waals surface area contributed by atoms with Gasteiger partial charge in [-0.15, -0.1) is 0 Å². The monoisotopic (exact) mass is 346 g/mol. The molecule has 0 bridgehead atoms. The maximum absolute atomic E-state index is 12.6. The van der Waals surface area contributed by atoms with Crippen molar-refractivity contribution in [2.75, 3.05) is 17.2 Å². The predicted molar refractivity (Wildman–Crippen MR) is 96.3 cm³/mol. The van der Waals surface area contributed by atoms with Crippen molar-refractivity contribution in [3.63, 3.8) is 0 Å². The van der Waals surface area contributed by atoms with Crippen LogP contribution in [0, 0.1) is 0 Å². The third-order valence-corrected chi connectivity index (χ3v) is 5.52. The van der Waals surface area contributed by atoms with Gasteiger partial charge in [0.1, 0.15) is 0 Å². The number of nitrogens with zero attached hydrogens (tertiary/aromatic N) is 4. The van der Waals surface area contributed by atoms with Crippen LogP contribution in [0.3, 0.4) is 0 Å². The van der Waals surface area contributed by atoms with Crippen molar-refractivity contribution in [3.8, 4) is 0 Å². The number of thioether (sulfide) groups is 1. The van der Waals surface area contributed by atoms with E-state index in [0.29, 0.717) is 12.3 Å². The van der Waals surface area contributed by atoms with Crippen LogP contribution in [0.2, 0.25) is 0 Å². The zero-order valence-electron chi connectivity index (χ0n) is 13.1. The van der Waals surface area contributed by atoms with Crippen LogP contribution in [0.15, 0.2) is 41.8 Å². The van der Waals surface area contributed by atoms with E-state index in [-0.39, 0.29) is 5.91 Å². The van der Waals surface area contributed by atoms with Gasteiger partial charge < -0.3 is 4.57 Å². The summed E-state index contributed by atoms with van der Waals surface area (Å²) in [6.45, 7) is 5.50. The van der Waals surface area contributed by atoms with E-state index >= 15 is 0 Å². The smallest absolute Gasteiger partial charge is 0.239 e. The summed E-state index contributed by atoms with van der Waals surface area (Å²) in [5, 5.41) is 1.64. The summed E-state index contributed by atoms with van der Waals surface area (Å²) < 4.78 is 3.13. The second-order valence-corrected chi connectivity index (χ2v) is 6.84. The molecule has 0 aliphatic heterocycles. The summed E-state index contributed by atoms with van der Waals surface area (Å²) >= 11 is 3.02. The van der Waals surface area contributed by atoms with Gasteiger partial charge in [-0.3, -0.25) is 9.69 Å². The Morgan fingerprint density at radius 2 is 2.17 bits per heavy atom. The summed E-state index contributed by atoms with van der Waals surface area (Å²) in [5.74, 6) is 0.419. The molecule has 0 saturated heterocycles. The fraction of sp³-hybridized carbons (Fsp3) is 0.312. The quantitative estimate of drug-likeness (QED) is 0.639. The topological polar surface area (TPSA) is 51.0 Å². The maximum atomic E-state index is 12.6. The SMILES string of the molecule is CCN(C(=O)CSc1nccn1CC)c1nc2ccccc2s1. The van der Waals surface area contributed by atoms with Crippen molar-refractivity contribution >= 4 is 44.4 Å². The zero-order chi connectivity index (χ0) is 16.2. The molecule has 0 N–H and O–H groups in total. The van der Waals surface area contributed by atoms with Crippen LogP contribution in [0.5, 0.6) is 0 Å². The van der Waals surface area contributed by atoms with Crippen molar-refractivity contribution in [1.82, 2.24) is 14.5 Å². The number of thiazole rings is 1. The second kappa shape index (κ2) is 7.14. The van der Waals surface area contributed by atoms with Crippen molar-refractivity contribution in [1.29, 1.82) is 0 Å². The molecular formula is C16H18N4OS2. The summed E-state index contributed by atoms with van der Waals surface area (Å²) in [4.78, 5) is 23.2. The Labute approximate surface area is 143 Å². The number of carbonyl (C=O) groups is 1. The normalized spacial score (nSPS) is 11.0. The fourth-order valence-electron chi connectivity index (χ4n) is 2.27. The molecule has 0 saturated carbocycles. The van der Waals surface area contributed by atoms with Crippen LogP contribution in [0.25, 0.3) is 10.2 Å². The van der Waals surface area contributed by atoms with Gasteiger partial charge in [-0.05, 0) is 26.0 Å². The van der Waals surface area contributed by atoms with Crippen LogP contribution >= 0.6 is 23.1 Å². The van der Waals surface area contributed by atoms with Crippen LogP contribution < -0.4 is 4.90 Å². The highest BCUT2D eigenvalue weighted by molar-refractivity contribution is 7.99. The average Bonchev–Trinajstić information content (AvgIpc) is 3.19. The van der Waals surface area contributed by atoms with Gasteiger partial charge in [0.25, 0.3) is 0 Å². The summed E-state index contributed by atoms with van der Waals surface area (Å²) in [5.41, 5.74) is 0.938. The molecule has 5 nitrogen and oxygen atoms in total. The first-order valence-corrected chi connectivity index (χ1v) is 9.33. The van der Waals surface area contributed by atoms with Gasteiger partial charge in [0.05, 0.1) is 16.0 Å². The van der Waals surface area contributed by atoms with Crippen LogP contribution in [-0.4, -0.2) is 32.7 Å². The zero-order valence-corrected chi connectivity index (χ0v) is 14.7. The first kappa shape index (κ1) is 16.0. The molecule has 3 rings (SSSR count). The van der Waals surface area contributed by atoms with Crippen LogP contribution in [-0.2, 0) is 11.3 Å². The minimum Gasteiger partial charge on any atom is -0.326 e. The molecular weight excluding hydrogens is 328 g/mol. The highest BCUT2D eigenvalue weighted by Crippen LogP contribution is 2.29. The van der Waals surface area contributed by atoms with Crippen molar-refractivity contribution in [2.45, 2.75) is 25.5 Å². The maximum Gasteiger partial charge on any atom is 0.239 e. The lowest BCUT2D eigenvalue weighted by Gasteiger charge is -2.17. The molecule has 2 aromatic heterocycles. The average molecular weight is 346 g/mol. The molecule has 0 radical (unpaired) electrons. The summed E-state index contributed by atoms with van der Waals surface area (Å²) in [6, 6.07) is 7.95. The molecule has 0 spiro atoms. The van der Waals surface area contributed by atoms with Gasteiger partial charge in [0.2, 0.25) is 5.91 Å². The van der Waals surface area contributed by atoms with Gasteiger partial charge in [-0.25, -0.2) is 9.97 Å². The van der Waals surface area contributed by atoms with Gasteiger partial charge >= 0.3 is 0 Å². The van der Waals surface area contributed by atoms with Crippen molar-refractivity contribution in [3.05, 3.63) is 36.7 Å². The van der Waals surface area contributed by atoms with Crippen molar-refractivity contribution < 1.29 is 4.79 Å². The van der Waals surface area contributed by atoms with Crippen molar-refractivity contribution in [2.24, 2.45) is 0 Å². The Morgan fingerprint density at radius 3 is 2.91 bits per heavy atom. The molecule has 2 heterocycles. The Morgan fingerprint density at radius 1 is 1.35 bits per heavy atom. The first-order chi connectivity index (χ1) is 11.2. The van der Waals surface area contributed by atoms with E-state index in [1.54, 1.807) is 22.4 Å². The molecule has 0 unspecified atom stereocenters. The number of aryl methyl sites for hydroxylation is 1. The number of aromatic nitrogens is 3. The number of fused-ring (bicyclic) bond motifs is 1. The number of amides is 1. The van der Waals surface area contributed by atoms with Gasteiger partial charge in [-0.2, -0.15) is 0 Å². The fourth-order valence-corrected chi connectivity index (χ4v) is 4.22. The minimum absolute atomic E-state index is 0.0576. The first-order valence-electron chi connectivity index (χ1n) is 7.52. The Balaban J connectivity index is 1.73. The van der Waals surface area contributed by atoms with Gasteiger partial charge in [0.15, 0.2) is 10.3 Å². The molecule has 23 heavy (non-hydrogen) atoms. The number of benzene rings is 1.